The zero-order valence-corrected chi connectivity index (χ0v) is 25.0. The topological polar surface area (TPSA) is 95.1 Å². The van der Waals surface area contributed by atoms with Gasteiger partial charge in [-0.1, -0.05) is 48.8 Å². The lowest BCUT2D eigenvalue weighted by Crippen LogP contribution is -2.46. The van der Waals surface area contributed by atoms with Gasteiger partial charge in [-0.15, -0.1) is 0 Å². The molecule has 0 unspecified atom stereocenters. The Labute approximate surface area is 255 Å². The van der Waals surface area contributed by atoms with Gasteiger partial charge in [-0.05, 0) is 36.7 Å². The second kappa shape index (κ2) is 12.0. The van der Waals surface area contributed by atoms with Gasteiger partial charge in [0.05, 0.1) is 46.9 Å². The molecule has 3 aliphatic rings. The van der Waals surface area contributed by atoms with Crippen LogP contribution in [0.4, 0.5) is 28.7 Å². The molecule has 2 N–H and O–H groups in total. The van der Waals surface area contributed by atoms with Crippen molar-refractivity contribution in [3.63, 3.8) is 0 Å². The number of hydrogen-bond acceptors (Lipinski definition) is 9. The number of nitrogens with one attached hydrogen (secondary N) is 2. The number of anilines is 5. The van der Waals surface area contributed by atoms with Crippen molar-refractivity contribution in [3.8, 4) is 5.75 Å². The molecule has 0 spiro atoms. The quantitative estimate of drug-likeness (QED) is 0.291. The van der Waals surface area contributed by atoms with E-state index in [9.17, 15) is 4.79 Å². The number of ether oxygens (including phenoxy) is 1. The van der Waals surface area contributed by atoms with Crippen molar-refractivity contribution in [2.45, 2.75) is 37.9 Å². The normalized spacial score (nSPS) is 21.6. The molecule has 0 saturated carbocycles. The van der Waals surface area contributed by atoms with Gasteiger partial charge in [0.25, 0.3) is 0 Å². The standard InChI is InChI=1S/C30H33Cl2N7O3/c1-4-29(40)36-22-12-23(26(41-3)13-25(22)38-16-18-11-19(38)15-37(18)5-2)35-27-14-28(34-17-33-27)39-24(9-10-42-39)20-7-6-8-21(31)30(20)32/h4,6-8,12-14,17-19,24H,1,5,9-11,15-16H2,2-3H3,(H,36,40)(H,33,34,35)/t18-,19-,24-/m1/s1. The molecular weight excluding hydrogens is 577 g/mol. The molecule has 3 aromatic rings. The van der Waals surface area contributed by atoms with E-state index in [4.69, 9.17) is 32.8 Å². The molecule has 0 aliphatic carbocycles. The number of rotatable bonds is 9. The van der Waals surface area contributed by atoms with Crippen molar-refractivity contribution in [1.82, 2.24) is 14.9 Å². The van der Waals surface area contributed by atoms with Gasteiger partial charge in [0.2, 0.25) is 5.91 Å². The van der Waals surface area contributed by atoms with Crippen molar-refractivity contribution in [3.05, 3.63) is 71.0 Å². The summed E-state index contributed by atoms with van der Waals surface area (Å²) in [4.78, 5) is 32.2. The summed E-state index contributed by atoms with van der Waals surface area (Å²) in [5.41, 5.74) is 3.10. The van der Waals surface area contributed by atoms with Gasteiger partial charge in [-0.3, -0.25) is 14.5 Å². The molecule has 10 nitrogen and oxygen atoms in total. The minimum absolute atomic E-state index is 0.159. The Morgan fingerprint density at radius 3 is 2.79 bits per heavy atom. The van der Waals surface area contributed by atoms with E-state index in [0.717, 1.165) is 43.7 Å². The van der Waals surface area contributed by atoms with Crippen molar-refractivity contribution >= 4 is 57.8 Å². The number of amides is 1. The van der Waals surface area contributed by atoms with E-state index in [2.05, 4.69) is 43.9 Å². The molecule has 2 bridgehead atoms. The second-order valence-corrected chi connectivity index (χ2v) is 11.3. The third-order valence-corrected chi connectivity index (χ3v) is 9.05. The number of piperazine rings is 1. The molecule has 42 heavy (non-hydrogen) atoms. The highest BCUT2D eigenvalue weighted by atomic mass is 35.5. The van der Waals surface area contributed by atoms with Crippen LogP contribution >= 0.6 is 23.2 Å². The Kier molecular flexibility index (Phi) is 8.13. The highest BCUT2D eigenvalue weighted by Gasteiger charge is 2.43. The fraction of sp³-hybridized carbons (Fsp3) is 0.367. The maximum absolute atomic E-state index is 12.4. The lowest BCUT2D eigenvalue weighted by atomic mass is 10.0. The molecule has 3 aliphatic heterocycles. The van der Waals surface area contributed by atoms with E-state index in [0.29, 0.717) is 57.5 Å². The van der Waals surface area contributed by atoms with E-state index in [1.54, 1.807) is 24.3 Å². The smallest absolute Gasteiger partial charge is 0.247 e. The first kappa shape index (κ1) is 28.5. The number of likely N-dealkylation sites (N-methyl/N-ethyl adjacent to an activating group) is 1. The molecule has 2 aromatic carbocycles. The van der Waals surface area contributed by atoms with Crippen LogP contribution in [0.15, 0.2) is 55.4 Å². The fourth-order valence-electron chi connectivity index (χ4n) is 6.22. The summed E-state index contributed by atoms with van der Waals surface area (Å²) in [6.07, 6.45) is 4.57. The molecule has 220 valence electrons. The number of methoxy groups -OCH3 is 1. The van der Waals surface area contributed by atoms with Crippen molar-refractivity contribution in [1.29, 1.82) is 0 Å². The molecule has 6 rings (SSSR count). The van der Waals surface area contributed by atoms with Crippen LogP contribution < -0.4 is 25.3 Å². The van der Waals surface area contributed by atoms with Gasteiger partial charge in [0.15, 0.2) is 5.82 Å². The minimum atomic E-state index is -0.284. The Bertz CT molecular complexity index is 1510. The number of carbonyl (C=O) groups excluding carboxylic acids is 1. The van der Waals surface area contributed by atoms with Crippen LogP contribution in [0.25, 0.3) is 0 Å². The van der Waals surface area contributed by atoms with E-state index >= 15 is 0 Å². The first-order chi connectivity index (χ1) is 20.4. The maximum Gasteiger partial charge on any atom is 0.247 e. The average Bonchev–Trinajstić information content (AvgIpc) is 3.75. The number of likely N-dealkylation sites (tertiary alicyclic amines) is 1. The summed E-state index contributed by atoms with van der Waals surface area (Å²) in [6, 6.07) is 11.9. The molecule has 12 heteroatoms. The SMILES string of the molecule is C=CC(=O)Nc1cc(Nc2cc(N3OCC[C@@H]3c3cccc(Cl)c3Cl)ncn2)c(OC)cc1N1C[C@H]2C[C@@H]1CN2CC. The van der Waals surface area contributed by atoms with Gasteiger partial charge in [0.1, 0.15) is 17.9 Å². The van der Waals surface area contributed by atoms with Gasteiger partial charge in [0, 0.05) is 43.7 Å². The molecule has 1 amide bonds. The summed E-state index contributed by atoms with van der Waals surface area (Å²) >= 11 is 12.8. The van der Waals surface area contributed by atoms with Gasteiger partial charge in [-0.2, -0.15) is 0 Å². The predicted molar refractivity (Wildman–Crippen MR) is 166 cm³/mol. The van der Waals surface area contributed by atoms with Crippen LogP contribution in [0.1, 0.15) is 31.4 Å². The van der Waals surface area contributed by atoms with E-state index < -0.39 is 0 Å². The van der Waals surface area contributed by atoms with Gasteiger partial charge < -0.3 is 20.3 Å². The number of halogens is 2. The zero-order valence-electron chi connectivity index (χ0n) is 23.5. The highest BCUT2D eigenvalue weighted by Crippen LogP contribution is 2.44. The third-order valence-electron chi connectivity index (χ3n) is 8.22. The number of hydroxylamine groups is 1. The van der Waals surface area contributed by atoms with Crippen LogP contribution in [0, 0.1) is 0 Å². The van der Waals surface area contributed by atoms with Crippen LogP contribution in [0.3, 0.4) is 0 Å². The summed E-state index contributed by atoms with van der Waals surface area (Å²) in [7, 11) is 1.63. The molecule has 0 radical (unpaired) electrons. The molecule has 3 saturated heterocycles. The summed E-state index contributed by atoms with van der Waals surface area (Å²) < 4.78 is 5.82. The van der Waals surface area contributed by atoms with Crippen LogP contribution in [-0.2, 0) is 9.63 Å². The second-order valence-electron chi connectivity index (χ2n) is 10.5. The van der Waals surface area contributed by atoms with Crippen molar-refractivity contribution in [2.75, 3.05) is 53.9 Å². The molecule has 3 atom stereocenters. The summed E-state index contributed by atoms with van der Waals surface area (Å²) in [5, 5.41) is 9.08. The van der Waals surface area contributed by atoms with E-state index in [-0.39, 0.29) is 11.9 Å². The molecule has 4 heterocycles. The van der Waals surface area contributed by atoms with Crippen LogP contribution in [0.2, 0.25) is 10.0 Å². The van der Waals surface area contributed by atoms with Crippen molar-refractivity contribution < 1.29 is 14.4 Å². The highest BCUT2D eigenvalue weighted by molar-refractivity contribution is 6.42. The predicted octanol–water partition coefficient (Wildman–Crippen LogP) is 5.83. The lowest BCUT2D eigenvalue weighted by Gasteiger charge is -2.36. The number of nitrogens with zero attached hydrogens (tertiary/aromatic N) is 5. The van der Waals surface area contributed by atoms with Crippen molar-refractivity contribution in [2.24, 2.45) is 0 Å². The number of hydrogen-bond donors (Lipinski definition) is 2. The fourth-order valence-corrected chi connectivity index (χ4v) is 6.65. The third kappa shape index (κ3) is 5.35. The molecule has 1 aromatic heterocycles. The van der Waals surface area contributed by atoms with E-state index in [1.807, 2.05) is 24.3 Å². The number of aromatic nitrogens is 2. The lowest BCUT2D eigenvalue weighted by molar-refractivity contribution is -0.111. The number of carbonyl (C=O) groups is 1. The maximum atomic E-state index is 12.4. The Balaban J connectivity index is 1.30. The Hall–Kier alpha value is -3.57. The monoisotopic (exact) mass is 609 g/mol. The largest absolute Gasteiger partial charge is 0.494 e. The average molecular weight is 611 g/mol. The Morgan fingerprint density at radius 2 is 2.05 bits per heavy atom. The van der Waals surface area contributed by atoms with Crippen LogP contribution in [0.5, 0.6) is 5.75 Å². The minimum Gasteiger partial charge on any atom is -0.494 e. The molecule has 3 fully saturated rings. The Morgan fingerprint density at radius 1 is 1.19 bits per heavy atom. The zero-order chi connectivity index (χ0) is 29.4. The van der Waals surface area contributed by atoms with E-state index in [1.165, 1.54) is 12.4 Å². The van der Waals surface area contributed by atoms with Gasteiger partial charge in [-0.25, -0.2) is 15.0 Å². The first-order valence-corrected chi connectivity index (χ1v) is 14.8. The number of fused-ring (bicyclic) bond motifs is 2. The molecular formula is C30H33Cl2N7O3. The summed E-state index contributed by atoms with van der Waals surface area (Å²) in [6.45, 7) is 9.28. The first-order valence-electron chi connectivity index (χ1n) is 14.0. The van der Waals surface area contributed by atoms with Gasteiger partial charge >= 0.3 is 0 Å². The van der Waals surface area contributed by atoms with Crippen LogP contribution in [-0.4, -0.2) is 66.2 Å². The number of benzene rings is 2. The summed E-state index contributed by atoms with van der Waals surface area (Å²) in [5.74, 6) is 1.43.